The number of rotatable bonds is 2. The Morgan fingerprint density at radius 2 is 2.33 bits per heavy atom. The Labute approximate surface area is 74.1 Å². The van der Waals surface area contributed by atoms with E-state index in [0.717, 1.165) is 12.0 Å². The Balaban J connectivity index is 0.00000144. The van der Waals surface area contributed by atoms with Gasteiger partial charge in [0.25, 0.3) is 5.91 Å². The quantitative estimate of drug-likeness (QED) is 0.712. The summed E-state index contributed by atoms with van der Waals surface area (Å²) in [4.78, 5) is 11.2. The lowest BCUT2D eigenvalue weighted by atomic mass is 10.1. The van der Waals surface area contributed by atoms with Gasteiger partial charge in [0.1, 0.15) is 0 Å². The van der Waals surface area contributed by atoms with Crippen molar-refractivity contribution in [1.82, 2.24) is 5.32 Å². The van der Waals surface area contributed by atoms with Crippen LogP contribution in [0.1, 0.15) is 24.3 Å². The van der Waals surface area contributed by atoms with Gasteiger partial charge in [-0.25, -0.2) is 0 Å². The van der Waals surface area contributed by atoms with Crippen LogP contribution in [-0.2, 0) is 6.42 Å². The highest BCUT2D eigenvalue weighted by Crippen LogP contribution is 2.05. The van der Waals surface area contributed by atoms with Gasteiger partial charge in [-0.1, -0.05) is 19.1 Å². The van der Waals surface area contributed by atoms with Crippen molar-refractivity contribution >= 4 is 5.91 Å². The smallest absolute Gasteiger partial charge is 0.251 e. The van der Waals surface area contributed by atoms with Crippen LogP contribution in [0.25, 0.3) is 0 Å². The molecule has 0 aliphatic rings. The lowest BCUT2D eigenvalue weighted by Gasteiger charge is -2.01. The first-order valence-electron chi connectivity index (χ1n) is 4.09. The molecule has 0 saturated heterocycles. The van der Waals surface area contributed by atoms with E-state index < -0.39 is 0 Å². The van der Waals surface area contributed by atoms with Crippen LogP contribution in [0.3, 0.4) is 0 Å². The zero-order valence-electron chi connectivity index (χ0n) is 7.42. The lowest BCUT2D eigenvalue weighted by molar-refractivity contribution is 0.0963. The molecule has 1 aromatic rings. The molecule has 0 unspecified atom stereocenters. The molecular formula is C10H15NO. The second kappa shape index (κ2) is 3.90. The standard InChI is InChI=1S/C10H13NO.H2/c1-3-8-5-4-6-9(7-8)10(12)11-2;/h4-7H,3H2,1-2H3,(H,11,12);1H. The summed E-state index contributed by atoms with van der Waals surface area (Å²) in [7, 11) is 1.64. The minimum Gasteiger partial charge on any atom is -0.355 e. The fraction of sp³-hybridized carbons (Fsp3) is 0.300. The molecule has 0 atom stereocenters. The summed E-state index contributed by atoms with van der Waals surface area (Å²) in [6, 6.07) is 7.66. The van der Waals surface area contributed by atoms with E-state index in [1.54, 1.807) is 7.05 Å². The molecule has 0 spiro atoms. The van der Waals surface area contributed by atoms with E-state index in [4.69, 9.17) is 0 Å². The average Bonchev–Trinajstić information content (AvgIpc) is 2.17. The predicted molar refractivity (Wildman–Crippen MR) is 51.3 cm³/mol. The van der Waals surface area contributed by atoms with Crippen molar-refractivity contribution in [2.24, 2.45) is 0 Å². The minimum atomic E-state index is -0.0229. The van der Waals surface area contributed by atoms with Crippen molar-refractivity contribution < 1.29 is 6.22 Å². The fourth-order valence-electron chi connectivity index (χ4n) is 1.08. The first-order chi connectivity index (χ1) is 5.77. The lowest BCUT2D eigenvalue weighted by Crippen LogP contribution is -2.17. The van der Waals surface area contributed by atoms with E-state index in [2.05, 4.69) is 12.2 Å². The van der Waals surface area contributed by atoms with Gasteiger partial charge in [-0.05, 0) is 24.1 Å². The third-order valence-electron chi connectivity index (χ3n) is 1.82. The first-order valence-corrected chi connectivity index (χ1v) is 4.09. The van der Waals surface area contributed by atoms with Gasteiger partial charge in [-0.2, -0.15) is 0 Å². The molecule has 0 bridgehead atoms. The average molecular weight is 165 g/mol. The molecule has 2 heteroatoms. The van der Waals surface area contributed by atoms with Crippen LogP contribution in [0.4, 0.5) is 0 Å². The summed E-state index contributed by atoms with van der Waals surface area (Å²) in [6.45, 7) is 2.07. The molecular weight excluding hydrogens is 150 g/mol. The molecule has 0 radical (unpaired) electrons. The third-order valence-corrected chi connectivity index (χ3v) is 1.82. The molecule has 0 fully saturated rings. The Bertz CT molecular complexity index is 286. The zero-order chi connectivity index (χ0) is 8.97. The molecule has 12 heavy (non-hydrogen) atoms. The molecule has 0 saturated carbocycles. The molecule has 0 heterocycles. The number of amides is 1. The number of nitrogens with one attached hydrogen (secondary N) is 1. The summed E-state index contributed by atoms with van der Waals surface area (Å²) in [5.74, 6) is -0.0229. The van der Waals surface area contributed by atoms with Gasteiger partial charge in [0.2, 0.25) is 0 Å². The maximum absolute atomic E-state index is 11.2. The first kappa shape index (κ1) is 8.78. The van der Waals surface area contributed by atoms with E-state index in [9.17, 15) is 4.79 Å². The van der Waals surface area contributed by atoms with Crippen LogP contribution in [0.2, 0.25) is 0 Å². The number of benzene rings is 1. The largest absolute Gasteiger partial charge is 0.355 e. The highest BCUT2D eigenvalue weighted by molar-refractivity contribution is 5.94. The molecule has 2 nitrogen and oxygen atoms in total. The number of carbonyl (C=O) groups is 1. The van der Waals surface area contributed by atoms with Crippen molar-refractivity contribution in [3.05, 3.63) is 35.4 Å². The van der Waals surface area contributed by atoms with Crippen LogP contribution in [0.5, 0.6) is 0 Å². The monoisotopic (exact) mass is 165 g/mol. The van der Waals surface area contributed by atoms with Crippen molar-refractivity contribution in [2.45, 2.75) is 13.3 Å². The maximum Gasteiger partial charge on any atom is 0.251 e. The minimum absolute atomic E-state index is 0. The van der Waals surface area contributed by atoms with E-state index >= 15 is 0 Å². The van der Waals surface area contributed by atoms with Crippen LogP contribution in [0.15, 0.2) is 24.3 Å². The summed E-state index contributed by atoms with van der Waals surface area (Å²) in [6.07, 6.45) is 0.963. The van der Waals surface area contributed by atoms with Crippen molar-refractivity contribution in [3.63, 3.8) is 0 Å². The summed E-state index contributed by atoms with van der Waals surface area (Å²) in [5.41, 5.74) is 1.92. The van der Waals surface area contributed by atoms with Crippen molar-refractivity contribution in [1.29, 1.82) is 0 Å². The SMILES string of the molecule is CCc1cccc(C(=O)NC)c1.[HH]. The van der Waals surface area contributed by atoms with Gasteiger partial charge >= 0.3 is 0 Å². The molecule has 66 valence electrons. The van der Waals surface area contributed by atoms with Gasteiger partial charge in [-0.15, -0.1) is 0 Å². The van der Waals surface area contributed by atoms with Crippen LogP contribution >= 0.6 is 0 Å². The maximum atomic E-state index is 11.2. The van der Waals surface area contributed by atoms with Gasteiger partial charge in [0.05, 0.1) is 0 Å². The Hall–Kier alpha value is -1.31. The second-order valence-corrected chi connectivity index (χ2v) is 2.63. The summed E-state index contributed by atoms with van der Waals surface area (Å²) < 4.78 is 0. The predicted octanol–water partition coefficient (Wildman–Crippen LogP) is 1.85. The molecule has 1 N–H and O–H groups in total. The van der Waals surface area contributed by atoms with Crippen LogP contribution in [0, 0.1) is 0 Å². The molecule has 1 rings (SSSR count). The van der Waals surface area contributed by atoms with Crippen LogP contribution < -0.4 is 5.32 Å². The van der Waals surface area contributed by atoms with Gasteiger partial charge in [0.15, 0.2) is 0 Å². The van der Waals surface area contributed by atoms with Gasteiger partial charge in [0, 0.05) is 14.0 Å². The van der Waals surface area contributed by atoms with E-state index in [0.29, 0.717) is 0 Å². The second-order valence-electron chi connectivity index (χ2n) is 2.63. The van der Waals surface area contributed by atoms with E-state index in [-0.39, 0.29) is 7.33 Å². The van der Waals surface area contributed by atoms with E-state index in [1.807, 2.05) is 24.3 Å². The number of aryl methyl sites for hydroxylation is 1. The summed E-state index contributed by atoms with van der Waals surface area (Å²) >= 11 is 0. The number of hydrogen-bond donors (Lipinski definition) is 1. The summed E-state index contributed by atoms with van der Waals surface area (Å²) in [5, 5.41) is 2.59. The number of carbonyl (C=O) groups excluding carboxylic acids is 1. The number of hydrogen-bond acceptors (Lipinski definition) is 1. The van der Waals surface area contributed by atoms with Gasteiger partial charge in [-0.3, -0.25) is 4.79 Å². The molecule has 0 aliphatic heterocycles. The molecule has 1 aromatic carbocycles. The Kier molecular flexibility index (Phi) is 2.86. The highest BCUT2D eigenvalue weighted by Gasteiger charge is 2.01. The topological polar surface area (TPSA) is 29.1 Å². The normalized spacial score (nSPS) is 9.50. The zero-order valence-corrected chi connectivity index (χ0v) is 7.42. The van der Waals surface area contributed by atoms with E-state index in [1.165, 1.54) is 5.56 Å². The Morgan fingerprint density at radius 1 is 1.58 bits per heavy atom. The third kappa shape index (κ3) is 1.84. The van der Waals surface area contributed by atoms with Gasteiger partial charge < -0.3 is 5.32 Å². The van der Waals surface area contributed by atoms with Crippen LogP contribution in [-0.4, -0.2) is 13.0 Å². The molecule has 1 amide bonds. The highest BCUT2D eigenvalue weighted by atomic mass is 16.1. The molecule has 0 aromatic heterocycles. The molecule has 0 aliphatic carbocycles. The Morgan fingerprint density at radius 3 is 2.92 bits per heavy atom. The van der Waals surface area contributed by atoms with Crippen molar-refractivity contribution in [2.75, 3.05) is 7.05 Å². The van der Waals surface area contributed by atoms with Crippen molar-refractivity contribution in [3.8, 4) is 0 Å². The fourth-order valence-corrected chi connectivity index (χ4v) is 1.08.